The molecule has 8 nitrogen and oxygen atoms in total. The summed E-state index contributed by atoms with van der Waals surface area (Å²) < 4.78 is 31.2. The van der Waals surface area contributed by atoms with Crippen LogP contribution in [0.1, 0.15) is 63.1 Å². The quantitative estimate of drug-likeness (QED) is 0.239. The summed E-state index contributed by atoms with van der Waals surface area (Å²) in [6.45, 7) is 19.1. The third-order valence-electron chi connectivity index (χ3n) is 7.43. The normalized spacial score (nSPS) is 21.2. The second kappa shape index (κ2) is 9.67. The number of benzene rings is 1. The van der Waals surface area contributed by atoms with Crippen LogP contribution in [0.4, 0.5) is 5.69 Å². The Bertz CT molecular complexity index is 1850. The van der Waals surface area contributed by atoms with Crippen molar-refractivity contribution in [3.05, 3.63) is 87.7 Å². The molecule has 2 aliphatic rings. The number of rotatable bonds is 3. The van der Waals surface area contributed by atoms with E-state index < -0.39 is 23.4 Å². The van der Waals surface area contributed by atoms with Gasteiger partial charge in [0.1, 0.15) is 28.7 Å². The van der Waals surface area contributed by atoms with E-state index in [1.165, 1.54) is 0 Å². The van der Waals surface area contributed by atoms with Gasteiger partial charge >= 0.3 is 0 Å². The molecule has 6 rings (SSSR count). The molecule has 206 valence electrons. The summed E-state index contributed by atoms with van der Waals surface area (Å²) in [5.74, 6) is 0.449. The SMILES string of the molecule is [2H]C1([2H])c2cnccc2[C@@H]2N=C(c3[c-]c(Oc4ccc5cc(C)nc(O)c5n4)c(C)c([N+]#[C-])c3C)O[C@@]21C(C)(C)C.[Pt]. The first-order valence-corrected chi connectivity index (χ1v) is 12.6. The Kier molecular flexibility index (Phi) is 6.09. The topological polar surface area (TPSA) is 94.1 Å². The van der Waals surface area contributed by atoms with Crippen molar-refractivity contribution in [2.24, 2.45) is 10.4 Å². The number of ether oxygens (including phenoxy) is 2. The molecule has 1 aliphatic heterocycles. The van der Waals surface area contributed by atoms with E-state index in [0.717, 1.165) is 5.56 Å². The average Bonchev–Trinajstić information content (AvgIpc) is 3.41. The van der Waals surface area contributed by atoms with Crippen LogP contribution in [0.2, 0.25) is 0 Å². The summed E-state index contributed by atoms with van der Waals surface area (Å²) in [4.78, 5) is 21.4. The number of aromatic nitrogens is 3. The van der Waals surface area contributed by atoms with Crippen LogP contribution in [0.5, 0.6) is 17.5 Å². The van der Waals surface area contributed by atoms with E-state index in [-0.39, 0.29) is 44.5 Å². The zero-order chi connectivity index (χ0) is 29.5. The largest absolute Gasteiger partial charge is 0.510 e. The first-order chi connectivity index (χ1) is 19.3. The van der Waals surface area contributed by atoms with Crippen LogP contribution >= 0.6 is 0 Å². The zero-order valence-corrected chi connectivity index (χ0v) is 25.1. The summed E-state index contributed by atoms with van der Waals surface area (Å²) >= 11 is 0. The summed E-state index contributed by atoms with van der Waals surface area (Å²) in [6.07, 6.45) is 1.30. The van der Waals surface area contributed by atoms with Crippen LogP contribution in [0.25, 0.3) is 15.7 Å². The monoisotopic (exact) mass is 715 g/mol. The average molecular weight is 716 g/mol. The first kappa shape index (κ1) is 25.2. The summed E-state index contributed by atoms with van der Waals surface area (Å²) in [7, 11) is 0. The number of hydrogen-bond acceptors (Lipinski definition) is 7. The molecule has 9 heteroatoms. The Morgan fingerprint density at radius 1 is 1.20 bits per heavy atom. The van der Waals surface area contributed by atoms with Gasteiger partial charge in [0.15, 0.2) is 0 Å². The van der Waals surface area contributed by atoms with E-state index in [4.69, 9.17) is 21.0 Å². The van der Waals surface area contributed by atoms with Gasteiger partial charge in [0.05, 0.1) is 6.57 Å². The van der Waals surface area contributed by atoms with Crippen LogP contribution in [-0.4, -0.2) is 31.6 Å². The second-order valence-corrected chi connectivity index (χ2v) is 11.0. The van der Waals surface area contributed by atoms with Crippen molar-refractivity contribution >= 4 is 22.5 Å². The number of aliphatic imine (C=N–C) groups is 1. The Labute approximate surface area is 250 Å². The number of aromatic hydroxyl groups is 1. The molecule has 0 fully saturated rings. The predicted molar refractivity (Wildman–Crippen MR) is 148 cm³/mol. The minimum absolute atomic E-state index is 0. The van der Waals surface area contributed by atoms with Crippen molar-refractivity contribution in [2.45, 2.75) is 59.6 Å². The molecule has 0 bridgehead atoms. The van der Waals surface area contributed by atoms with E-state index in [1.54, 1.807) is 51.4 Å². The Morgan fingerprint density at radius 3 is 2.70 bits per heavy atom. The molecule has 0 spiro atoms. The molecule has 0 saturated carbocycles. The molecule has 0 radical (unpaired) electrons. The van der Waals surface area contributed by atoms with Crippen molar-refractivity contribution < 1.29 is 38.4 Å². The van der Waals surface area contributed by atoms with Crippen LogP contribution in [0.3, 0.4) is 0 Å². The first-order valence-electron chi connectivity index (χ1n) is 13.6. The smallest absolute Gasteiger partial charge is 0.238 e. The van der Waals surface area contributed by atoms with Crippen molar-refractivity contribution in [1.82, 2.24) is 15.0 Å². The van der Waals surface area contributed by atoms with Gasteiger partial charge in [-0.15, -0.1) is 5.56 Å². The van der Waals surface area contributed by atoms with Crippen molar-refractivity contribution in [3.8, 4) is 17.5 Å². The fourth-order valence-electron chi connectivity index (χ4n) is 5.32. The van der Waals surface area contributed by atoms with Crippen LogP contribution < -0.4 is 4.74 Å². The molecule has 2 atom stereocenters. The molecule has 4 heterocycles. The van der Waals surface area contributed by atoms with Gasteiger partial charge in [-0.2, -0.15) is 0 Å². The molecule has 1 N–H and O–H groups in total. The number of pyridine rings is 3. The third-order valence-corrected chi connectivity index (χ3v) is 7.43. The number of aryl methyl sites for hydroxylation is 1. The van der Waals surface area contributed by atoms with Crippen molar-refractivity contribution in [1.29, 1.82) is 0 Å². The fraction of sp³-hybridized carbons (Fsp3) is 0.323. The minimum Gasteiger partial charge on any atom is -0.510 e. The molecule has 0 unspecified atom stereocenters. The fourth-order valence-corrected chi connectivity index (χ4v) is 5.32. The molecule has 1 aromatic carbocycles. The minimum atomic E-state index is -1.89. The van der Waals surface area contributed by atoms with Crippen molar-refractivity contribution in [2.75, 3.05) is 0 Å². The van der Waals surface area contributed by atoms with E-state index >= 15 is 0 Å². The number of fused-ring (bicyclic) bond motifs is 4. The van der Waals surface area contributed by atoms with Gasteiger partial charge in [-0.25, -0.2) is 9.97 Å². The van der Waals surface area contributed by atoms with Crippen LogP contribution in [0.15, 0.2) is 41.7 Å². The third kappa shape index (κ3) is 4.15. The van der Waals surface area contributed by atoms with Gasteiger partial charge in [-0.3, -0.25) is 14.8 Å². The maximum absolute atomic E-state index is 10.3. The molecule has 4 aromatic rings. The second-order valence-electron chi connectivity index (χ2n) is 11.0. The molecular formula is C31H28N5O3Pt-. The van der Waals surface area contributed by atoms with Gasteiger partial charge in [-0.05, 0) is 36.2 Å². The van der Waals surface area contributed by atoms with Gasteiger partial charge in [0.2, 0.25) is 11.8 Å². The van der Waals surface area contributed by atoms with Gasteiger partial charge in [0, 0.05) is 70.9 Å². The standard InChI is InChI=1S/C31H28N5O3.Pt/c1-16-12-19-8-9-24(35-26(19)28(37)34-16)38-23-13-22(17(2)25(32-7)18(23)3)29-36-27-21-10-11-33-15-20(21)14-31(27,39-29)30(4,5)6;/h8-12,15,27H,14H2,1-6H3,(H,34,37);/q-1;/t27-,31+;/m0./s1/i14D2;. The molecule has 0 amide bonds. The van der Waals surface area contributed by atoms with E-state index in [0.29, 0.717) is 44.5 Å². The number of hydrogen-bond donors (Lipinski definition) is 1. The van der Waals surface area contributed by atoms with Crippen LogP contribution in [0, 0.1) is 38.8 Å². The van der Waals surface area contributed by atoms with Crippen LogP contribution in [-0.2, 0) is 32.2 Å². The Balaban J connectivity index is 0.00000353. The van der Waals surface area contributed by atoms with Crippen molar-refractivity contribution in [3.63, 3.8) is 0 Å². The van der Waals surface area contributed by atoms with E-state index in [9.17, 15) is 7.85 Å². The number of nitrogens with zero attached hydrogens (tertiary/aromatic N) is 5. The van der Waals surface area contributed by atoms with Gasteiger partial charge in [0.25, 0.3) is 0 Å². The van der Waals surface area contributed by atoms with Gasteiger partial charge in [-0.1, -0.05) is 51.8 Å². The molecular weight excluding hydrogens is 685 g/mol. The molecule has 0 saturated heterocycles. The predicted octanol–water partition coefficient (Wildman–Crippen LogP) is 6.66. The summed E-state index contributed by atoms with van der Waals surface area (Å²) in [6, 6.07) is 9.69. The molecule has 1 aliphatic carbocycles. The molecule has 3 aromatic heterocycles. The van der Waals surface area contributed by atoms with E-state index in [1.807, 2.05) is 26.8 Å². The van der Waals surface area contributed by atoms with E-state index in [2.05, 4.69) is 25.9 Å². The summed E-state index contributed by atoms with van der Waals surface area (Å²) in [5, 5.41) is 11.1. The maximum Gasteiger partial charge on any atom is 0.238 e. The Hall–Kier alpha value is -3.82. The zero-order valence-electron chi connectivity index (χ0n) is 24.9. The molecule has 40 heavy (non-hydrogen) atoms. The van der Waals surface area contributed by atoms with Gasteiger partial charge < -0.3 is 14.6 Å². The summed E-state index contributed by atoms with van der Waals surface area (Å²) in [5.41, 5.74) is 2.07. The Morgan fingerprint density at radius 2 is 1.98 bits per heavy atom. The maximum atomic E-state index is 10.3.